The summed E-state index contributed by atoms with van der Waals surface area (Å²) in [6, 6.07) is -4.51. The number of nitrogens with two attached hydrogens (primary N) is 3. The topological polar surface area (TPSA) is 212 Å². The number of primary amides is 1. The highest BCUT2D eigenvalue weighted by Gasteiger charge is 2.32. The van der Waals surface area contributed by atoms with Crippen LogP contribution < -0.4 is 38.5 Å². The lowest BCUT2D eigenvalue weighted by Gasteiger charge is -2.28. The second-order valence-electron chi connectivity index (χ2n) is 10.4. The molecule has 37 heavy (non-hydrogen) atoms. The molecule has 5 amide bonds. The molecule has 0 saturated heterocycles. The van der Waals surface area contributed by atoms with E-state index in [2.05, 4.69) is 21.3 Å². The highest BCUT2D eigenvalue weighted by Crippen LogP contribution is 2.09. The molecule has 10 N–H and O–H groups in total. The predicted octanol–water partition coefficient (Wildman–Crippen LogP) is -0.755. The SMILES string of the molecule is CC[C@H](C)[C@H](N)C(=O)N[C@@H](CCCCN)C(=O)N[C@H](C(=O)N[C@@H](C)C(=O)N[C@H](C(N)=O)C(C)C)C(C)C. The van der Waals surface area contributed by atoms with Gasteiger partial charge >= 0.3 is 0 Å². The van der Waals surface area contributed by atoms with E-state index in [1.54, 1.807) is 27.7 Å². The van der Waals surface area contributed by atoms with E-state index in [0.717, 1.165) is 0 Å². The van der Waals surface area contributed by atoms with Crippen LogP contribution in [0.5, 0.6) is 0 Å². The first-order valence-electron chi connectivity index (χ1n) is 13.1. The van der Waals surface area contributed by atoms with E-state index in [-0.39, 0.29) is 17.8 Å². The molecule has 0 bridgehead atoms. The van der Waals surface area contributed by atoms with Crippen molar-refractivity contribution in [1.29, 1.82) is 0 Å². The number of nitrogens with one attached hydrogen (secondary N) is 4. The lowest BCUT2D eigenvalue weighted by Crippen LogP contribution is -2.59. The molecular weight excluding hydrogens is 478 g/mol. The minimum absolute atomic E-state index is 0.0700. The van der Waals surface area contributed by atoms with Gasteiger partial charge in [0, 0.05) is 0 Å². The van der Waals surface area contributed by atoms with Gasteiger partial charge in [0.25, 0.3) is 0 Å². The Kier molecular flexibility index (Phi) is 15.7. The summed E-state index contributed by atoms with van der Waals surface area (Å²) in [5.74, 6) is -3.42. The summed E-state index contributed by atoms with van der Waals surface area (Å²) < 4.78 is 0. The standard InChI is InChI=1S/C25H49N7O5/c1-8-15(6)18(27)24(36)30-17(11-9-10-12-26)23(35)32-20(14(4)5)25(37)29-16(7)22(34)31-19(13(2)3)21(28)33/h13-20H,8-12,26-27H2,1-7H3,(H2,28,33)(H,29,37)(H,30,36)(H,31,34)(H,32,35)/t15-,16-,17-,18-,19-,20-/m0/s1. The van der Waals surface area contributed by atoms with Gasteiger partial charge in [-0.2, -0.15) is 0 Å². The van der Waals surface area contributed by atoms with Crippen LogP contribution in [0.4, 0.5) is 0 Å². The fourth-order valence-electron chi connectivity index (χ4n) is 3.54. The Morgan fingerprint density at radius 3 is 1.70 bits per heavy atom. The van der Waals surface area contributed by atoms with Gasteiger partial charge in [-0.05, 0) is 50.5 Å². The van der Waals surface area contributed by atoms with Crippen molar-refractivity contribution in [2.45, 2.75) is 104 Å². The summed E-state index contributed by atoms with van der Waals surface area (Å²) in [4.78, 5) is 63.0. The fourth-order valence-corrected chi connectivity index (χ4v) is 3.54. The number of rotatable bonds is 17. The van der Waals surface area contributed by atoms with Crippen LogP contribution in [0.1, 0.15) is 74.1 Å². The van der Waals surface area contributed by atoms with Crippen LogP contribution in [0, 0.1) is 17.8 Å². The van der Waals surface area contributed by atoms with Crippen molar-refractivity contribution in [2.24, 2.45) is 35.0 Å². The molecule has 0 aliphatic heterocycles. The zero-order valence-corrected chi connectivity index (χ0v) is 23.4. The van der Waals surface area contributed by atoms with Crippen molar-refractivity contribution in [1.82, 2.24) is 21.3 Å². The van der Waals surface area contributed by atoms with Crippen molar-refractivity contribution in [2.75, 3.05) is 6.54 Å². The lowest BCUT2D eigenvalue weighted by molar-refractivity contribution is -0.135. The van der Waals surface area contributed by atoms with Gasteiger partial charge in [0.05, 0.1) is 6.04 Å². The maximum atomic E-state index is 13.2. The van der Waals surface area contributed by atoms with Gasteiger partial charge < -0.3 is 38.5 Å². The summed E-state index contributed by atoms with van der Waals surface area (Å²) >= 11 is 0. The molecule has 0 radical (unpaired) electrons. The first kappa shape index (κ1) is 34.3. The van der Waals surface area contributed by atoms with E-state index in [0.29, 0.717) is 32.2 Å². The molecule has 12 heteroatoms. The summed E-state index contributed by atoms with van der Waals surface area (Å²) in [5, 5.41) is 10.5. The third-order valence-electron chi connectivity index (χ3n) is 6.41. The molecule has 0 aromatic rings. The minimum atomic E-state index is -0.986. The Balaban J connectivity index is 5.45. The molecule has 0 spiro atoms. The van der Waals surface area contributed by atoms with Crippen molar-refractivity contribution in [3.8, 4) is 0 Å². The van der Waals surface area contributed by atoms with Crippen molar-refractivity contribution in [3.05, 3.63) is 0 Å². The van der Waals surface area contributed by atoms with Gasteiger partial charge in [-0.3, -0.25) is 24.0 Å². The largest absolute Gasteiger partial charge is 0.368 e. The van der Waals surface area contributed by atoms with E-state index in [4.69, 9.17) is 17.2 Å². The normalized spacial score (nSPS) is 16.2. The average molecular weight is 528 g/mol. The Morgan fingerprint density at radius 2 is 1.24 bits per heavy atom. The Bertz CT molecular complexity index is 775. The quantitative estimate of drug-likeness (QED) is 0.120. The molecule has 0 aromatic carbocycles. The summed E-state index contributed by atoms with van der Waals surface area (Å²) in [5.41, 5.74) is 17.0. The molecule has 0 fully saturated rings. The number of carbonyl (C=O) groups is 5. The van der Waals surface area contributed by atoms with Gasteiger partial charge in [-0.25, -0.2) is 0 Å². The third kappa shape index (κ3) is 11.9. The Hall–Kier alpha value is -2.73. The maximum absolute atomic E-state index is 13.2. The summed E-state index contributed by atoms with van der Waals surface area (Å²) in [6.07, 6.45) is 2.30. The molecule has 0 aliphatic rings. The van der Waals surface area contributed by atoms with Gasteiger partial charge in [-0.1, -0.05) is 48.0 Å². The van der Waals surface area contributed by atoms with E-state index < -0.39 is 59.7 Å². The molecule has 0 aromatic heterocycles. The smallest absolute Gasteiger partial charge is 0.243 e. The van der Waals surface area contributed by atoms with Gasteiger partial charge in [0.15, 0.2) is 0 Å². The van der Waals surface area contributed by atoms with Crippen molar-refractivity contribution < 1.29 is 24.0 Å². The molecule has 6 atom stereocenters. The van der Waals surface area contributed by atoms with E-state index in [9.17, 15) is 24.0 Å². The molecule has 0 aliphatic carbocycles. The Morgan fingerprint density at radius 1 is 0.703 bits per heavy atom. The first-order valence-corrected chi connectivity index (χ1v) is 13.1. The number of hydrogen-bond donors (Lipinski definition) is 7. The second kappa shape index (κ2) is 16.9. The molecule has 0 unspecified atom stereocenters. The van der Waals surface area contributed by atoms with Crippen LogP contribution in [0.25, 0.3) is 0 Å². The number of unbranched alkanes of at least 4 members (excludes halogenated alkanes) is 1. The highest BCUT2D eigenvalue weighted by molar-refractivity contribution is 5.95. The average Bonchev–Trinajstić information content (AvgIpc) is 2.82. The van der Waals surface area contributed by atoms with Crippen LogP contribution in [0.2, 0.25) is 0 Å². The van der Waals surface area contributed by atoms with Crippen LogP contribution >= 0.6 is 0 Å². The molecule has 214 valence electrons. The minimum Gasteiger partial charge on any atom is -0.368 e. The van der Waals surface area contributed by atoms with Gasteiger partial charge in [0.1, 0.15) is 24.2 Å². The Labute approximate surface area is 221 Å². The molecule has 0 heterocycles. The van der Waals surface area contributed by atoms with Crippen molar-refractivity contribution in [3.63, 3.8) is 0 Å². The zero-order valence-electron chi connectivity index (χ0n) is 23.4. The number of amides is 5. The molecule has 12 nitrogen and oxygen atoms in total. The second-order valence-corrected chi connectivity index (χ2v) is 10.4. The lowest BCUT2D eigenvalue weighted by atomic mass is 9.98. The summed E-state index contributed by atoms with van der Waals surface area (Å²) in [6.45, 7) is 12.7. The van der Waals surface area contributed by atoms with E-state index in [1.165, 1.54) is 6.92 Å². The monoisotopic (exact) mass is 527 g/mol. The van der Waals surface area contributed by atoms with Gasteiger partial charge in [-0.15, -0.1) is 0 Å². The zero-order chi connectivity index (χ0) is 28.9. The van der Waals surface area contributed by atoms with E-state index >= 15 is 0 Å². The highest BCUT2D eigenvalue weighted by atomic mass is 16.2. The number of carbonyl (C=O) groups excluding carboxylic acids is 5. The fraction of sp³-hybridized carbons (Fsp3) is 0.800. The van der Waals surface area contributed by atoms with Gasteiger partial charge in [0.2, 0.25) is 29.5 Å². The van der Waals surface area contributed by atoms with Crippen LogP contribution in [0.3, 0.4) is 0 Å². The predicted molar refractivity (Wildman–Crippen MR) is 143 cm³/mol. The first-order chi connectivity index (χ1) is 17.2. The number of hydrogen-bond acceptors (Lipinski definition) is 7. The van der Waals surface area contributed by atoms with Crippen LogP contribution in [-0.4, -0.2) is 66.3 Å². The van der Waals surface area contributed by atoms with Crippen molar-refractivity contribution >= 4 is 29.5 Å². The molecular formula is C25H49N7O5. The van der Waals surface area contributed by atoms with Crippen LogP contribution in [-0.2, 0) is 24.0 Å². The third-order valence-corrected chi connectivity index (χ3v) is 6.41. The molecule has 0 rings (SSSR count). The van der Waals surface area contributed by atoms with Crippen LogP contribution in [0.15, 0.2) is 0 Å². The molecule has 0 saturated carbocycles. The maximum Gasteiger partial charge on any atom is 0.243 e. The summed E-state index contributed by atoms with van der Waals surface area (Å²) in [7, 11) is 0. The van der Waals surface area contributed by atoms with E-state index in [1.807, 2.05) is 13.8 Å².